The minimum atomic E-state index is -0.935. The zero-order valence-corrected chi connectivity index (χ0v) is 21.6. The zero-order chi connectivity index (χ0) is 26.4. The predicted molar refractivity (Wildman–Crippen MR) is 143 cm³/mol. The van der Waals surface area contributed by atoms with E-state index in [0.717, 1.165) is 26.9 Å². The lowest BCUT2D eigenvalue weighted by molar-refractivity contribution is -0.132. The topological polar surface area (TPSA) is 96.8 Å². The largest absolute Gasteiger partial charge is 0.507 e. The highest BCUT2D eigenvalue weighted by atomic mass is 32.1. The second kappa shape index (κ2) is 9.29. The number of benzene rings is 3. The number of nitrogens with zero attached hydrogens (tertiary/aromatic N) is 2. The SMILES string of the molecule is COC(=O)c1ccc([C@@H]2/C(=C(\O)c3ccc(C)cc3)C(=O)C(=O)N2c2nc3c(C)cc(C)cc3s2)cc1. The van der Waals surface area contributed by atoms with Crippen molar-refractivity contribution in [1.29, 1.82) is 0 Å². The van der Waals surface area contributed by atoms with Gasteiger partial charge in [-0.25, -0.2) is 9.78 Å². The van der Waals surface area contributed by atoms with Crippen LogP contribution in [0.2, 0.25) is 0 Å². The number of aryl methyl sites for hydroxylation is 3. The number of esters is 1. The summed E-state index contributed by atoms with van der Waals surface area (Å²) in [5.74, 6) is -2.34. The third-order valence-corrected chi connectivity index (χ3v) is 7.44. The summed E-state index contributed by atoms with van der Waals surface area (Å²) in [4.78, 5) is 44.9. The molecule has 2 heterocycles. The van der Waals surface area contributed by atoms with Crippen molar-refractivity contribution in [2.24, 2.45) is 0 Å². The predicted octanol–water partition coefficient (Wildman–Crippen LogP) is 5.63. The van der Waals surface area contributed by atoms with Gasteiger partial charge >= 0.3 is 11.9 Å². The van der Waals surface area contributed by atoms with Gasteiger partial charge in [0.2, 0.25) is 0 Å². The van der Waals surface area contributed by atoms with Gasteiger partial charge in [0, 0.05) is 5.56 Å². The summed E-state index contributed by atoms with van der Waals surface area (Å²) in [6.07, 6.45) is 0. The van der Waals surface area contributed by atoms with Crippen LogP contribution in [0.1, 0.15) is 44.2 Å². The molecule has 1 fully saturated rings. The monoisotopic (exact) mass is 512 g/mol. The van der Waals surface area contributed by atoms with Crippen molar-refractivity contribution in [3.8, 4) is 0 Å². The van der Waals surface area contributed by atoms with E-state index in [2.05, 4.69) is 0 Å². The van der Waals surface area contributed by atoms with E-state index in [1.165, 1.54) is 23.3 Å². The maximum Gasteiger partial charge on any atom is 0.337 e. The van der Waals surface area contributed by atoms with Crippen molar-refractivity contribution in [3.05, 3.63) is 99.6 Å². The molecule has 4 aromatic rings. The fourth-order valence-corrected chi connectivity index (χ4v) is 5.76. The maximum atomic E-state index is 13.5. The van der Waals surface area contributed by atoms with Crippen LogP contribution in [-0.2, 0) is 14.3 Å². The highest BCUT2D eigenvalue weighted by Gasteiger charge is 2.48. The number of hydrogen-bond donors (Lipinski definition) is 1. The van der Waals surface area contributed by atoms with E-state index in [1.54, 1.807) is 36.4 Å². The summed E-state index contributed by atoms with van der Waals surface area (Å²) in [6, 6.07) is 16.6. The molecule has 1 aliphatic rings. The van der Waals surface area contributed by atoms with Crippen molar-refractivity contribution in [2.75, 3.05) is 12.0 Å². The van der Waals surface area contributed by atoms with Gasteiger partial charge in [0.25, 0.3) is 5.78 Å². The Morgan fingerprint density at radius 1 is 0.946 bits per heavy atom. The summed E-state index contributed by atoms with van der Waals surface area (Å²) < 4.78 is 5.69. The third kappa shape index (κ3) is 4.19. The minimum Gasteiger partial charge on any atom is -0.507 e. The molecule has 5 rings (SSSR count). The van der Waals surface area contributed by atoms with E-state index in [9.17, 15) is 19.5 Å². The number of thiazole rings is 1. The van der Waals surface area contributed by atoms with Crippen LogP contribution in [-0.4, -0.2) is 34.9 Å². The molecule has 0 spiro atoms. The van der Waals surface area contributed by atoms with Gasteiger partial charge < -0.3 is 9.84 Å². The molecule has 0 saturated carbocycles. The minimum absolute atomic E-state index is 0.0353. The molecule has 1 amide bonds. The lowest BCUT2D eigenvalue weighted by Crippen LogP contribution is -2.29. The molecule has 0 bridgehead atoms. The molecular weight excluding hydrogens is 488 g/mol. The normalized spacial score (nSPS) is 17.0. The first kappa shape index (κ1) is 24.4. The Labute approximate surface area is 217 Å². The van der Waals surface area contributed by atoms with Crippen LogP contribution in [0.3, 0.4) is 0 Å². The van der Waals surface area contributed by atoms with Crippen molar-refractivity contribution in [3.63, 3.8) is 0 Å². The quantitative estimate of drug-likeness (QED) is 0.165. The first-order valence-corrected chi connectivity index (χ1v) is 12.5. The van der Waals surface area contributed by atoms with E-state index in [-0.39, 0.29) is 11.3 Å². The van der Waals surface area contributed by atoms with Crippen LogP contribution in [0.25, 0.3) is 16.0 Å². The Kier molecular flexibility index (Phi) is 6.13. The lowest BCUT2D eigenvalue weighted by Gasteiger charge is -2.23. The molecule has 1 saturated heterocycles. The molecule has 3 aromatic carbocycles. The first-order valence-electron chi connectivity index (χ1n) is 11.6. The van der Waals surface area contributed by atoms with Gasteiger partial charge in [-0.2, -0.15) is 0 Å². The van der Waals surface area contributed by atoms with Crippen LogP contribution < -0.4 is 4.90 Å². The molecule has 0 aliphatic carbocycles. The third-order valence-electron chi connectivity index (χ3n) is 6.44. The van der Waals surface area contributed by atoms with Crippen LogP contribution in [0.5, 0.6) is 0 Å². The number of rotatable bonds is 4. The fraction of sp³-hybridized carbons (Fsp3) is 0.172. The molecular formula is C29H24N2O5S. The van der Waals surface area contributed by atoms with Crippen molar-refractivity contribution >= 4 is 50.1 Å². The van der Waals surface area contributed by atoms with Gasteiger partial charge in [-0.15, -0.1) is 0 Å². The molecule has 1 atom stereocenters. The van der Waals surface area contributed by atoms with Crippen molar-refractivity contribution in [1.82, 2.24) is 4.98 Å². The van der Waals surface area contributed by atoms with Gasteiger partial charge in [-0.3, -0.25) is 14.5 Å². The Morgan fingerprint density at radius 3 is 2.24 bits per heavy atom. The average Bonchev–Trinajstić information content (AvgIpc) is 3.42. The molecule has 0 unspecified atom stereocenters. The second-order valence-electron chi connectivity index (χ2n) is 9.07. The highest BCUT2D eigenvalue weighted by molar-refractivity contribution is 7.22. The number of carbonyl (C=O) groups is 3. The standard InChI is InChI=1S/C29H24N2O5S/c1-15-5-7-19(8-6-15)25(32)22-24(18-9-11-20(12-10-18)28(35)36-4)31(27(34)26(22)33)29-30-23-17(3)13-16(2)14-21(23)37-29/h5-14,24,32H,1-4H3/b25-22+/t24-/m1/s1. The number of aliphatic hydroxyl groups excluding tert-OH is 1. The Morgan fingerprint density at radius 2 is 1.59 bits per heavy atom. The summed E-state index contributed by atoms with van der Waals surface area (Å²) in [5, 5.41) is 11.6. The van der Waals surface area contributed by atoms with Gasteiger partial charge in [0.1, 0.15) is 5.76 Å². The summed E-state index contributed by atoms with van der Waals surface area (Å²) in [6.45, 7) is 5.86. The van der Waals surface area contributed by atoms with Crippen molar-refractivity contribution in [2.45, 2.75) is 26.8 Å². The average molecular weight is 513 g/mol. The molecule has 0 radical (unpaired) electrons. The number of anilines is 1. The summed E-state index contributed by atoms with van der Waals surface area (Å²) in [5.41, 5.74) is 5.05. The summed E-state index contributed by atoms with van der Waals surface area (Å²) in [7, 11) is 1.30. The molecule has 186 valence electrons. The number of Topliss-reactive ketones (excluding diaryl/α,β-unsaturated/α-hetero) is 1. The number of aliphatic hydroxyl groups is 1. The zero-order valence-electron chi connectivity index (χ0n) is 20.7. The van der Waals surface area contributed by atoms with Crippen LogP contribution in [0.4, 0.5) is 5.13 Å². The van der Waals surface area contributed by atoms with E-state index >= 15 is 0 Å². The Hall–Kier alpha value is -4.30. The molecule has 1 N–H and O–H groups in total. The molecule has 1 aromatic heterocycles. The number of amides is 1. The van der Waals surface area contributed by atoms with Crippen molar-refractivity contribution < 1.29 is 24.2 Å². The number of methoxy groups -OCH3 is 1. The van der Waals surface area contributed by atoms with E-state index in [4.69, 9.17) is 9.72 Å². The first-order chi connectivity index (χ1) is 17.7. The summed E-state index contributed by atoms with van der Waals surface area (Å²) >= 11 is 1.31. The number of carbonyl (C=O) groups excluding carboxylic acids is 3. The second-order valence-corrected chi connectivity index (χ2v) is 10.1. The number of ketones is 1. The molecule has 7 nitrogen and oxygen atoms in total. The van der Waals surface area contributed by atoms with Gasteiger partial charge in [0.05, 0.1) is 34.5 Å². The highest BCUT2D eigenvalue weighted by Crippen LogP contribution is 2.44. The van der Waals surface area contributed by atoms with Crippen LogP contribution in [0, 0.1) is 20.8 Å². The van der Waals surface area contributed by atoms with E-state index in [0.29, 0.717) is 21.8 Å². The number of fused-ring (bicyclic) bond motifs is 1. The van der Waals surface area contributed by atoms with E-state index < -0.39 is 23.7 Å². The number of aromatic nitrogens is 1. The van der Waals surface area contributed by atoms with Gasteiger partial charge in [0.15, 0.2) is 5.13 Å². The van der Waals surface area contributed by atoms with Crippen LogP contribution >= 0.6 is 11.3 Å². The van der Waals surface area contributed by atoms with Crippen LogP contribution in [0.15, 0.2) is 66.2 Å². The smallest absolute Gasteiger partial charge is 0.337 e. The van der Waals surface area contributed by atoms with Gasteiger partial charge in [-0.05, 0) is 55.7 Å². The molecule has 1 aliphatic heterocycles. The number of hydrogen-bond acceptors (Lipinski definition) is 7. The molecule has 8 heteroatoms. The Balaban J connectivity index is 1.72. The molecule has 37 heavy (non-hydrogen) atoms. The fourth-order valence-electron chi connectivity index (χ4n) is 4.59. The Bertz CT molecular complexity index is 1600. The number of ether oxygens (including phenoxy) is 1. The maximum absolute atomic E-state index is 13.5. The van der Waals surface area contributed by atoms with Gasteiger partial charge in [-0.1, -0.05) is 59.4 Å². The van der Waals surface area contributed by atoms with E-state index in [1.807, 2.05) is 45.0 Å². The lowest BCUT2D eigenvalue weighted by atomic mass is 9.94.